The predicted octanol–water partition coefficient (Wildman–Crippen LogP) is -0.733. The number of nitrogens with one attached hydrogen (secondary N) is 4. The lowest BCUT2D eigenvalue weighted by molar-refractivity contribution is -0.132. The smallest absolute Gasteiger partial charge is 0.247 e. The van der Waals surface area contributed by atoms with Gasteiger partial charge in [-0.15, -0.1) is 20.4 Å². The molecule has 3 aromatic rings. The number of para-hydroxylation sites is 1. The van der Waals surface area contributed by atoms with Gasteiger partial charge >= 0.3 is 0 Å². The van der Waals surface area contributed by atoms with Gasteiger partial charge in [-0.2, -0.15) is 10.4 Å². The number of amides is 3. The van der Waals surface area contributed by atoms with Crippen LogP contribution in [0.4, 0.5) is 5.69 Å². The molecule has 0 bridgehead atoms. The number of carbonyl (C=O) groups excluding carboxylic acids is 4. The van der Waals surface area contributed by atoms with E-state index in [1.54, 1.807) is 12.1 Å². The van der Waals surface area contributed by atoms with Crippen molar-refractivity contribution in [3.8, 4) is 0 Å². The van der Waals surface area contributed by atoms with Gasteiger partial charge in [0, 0.05) is 24.4 Å². The van der Waals surface area contributed by atoms with Crippen molar-refractivity contribution in [2.45, 2.75) is 52.1 Å². The number of H-pyrrole nitrogens is 2. The molecule has 1 aliphatic heterocycles. The Morgan fingerprint density at radius 1 is 1.05 bits per heavy atom. The Labute approximate surface area is 217 Å². The summed E-state index contributed by atoms with van der Waals surface area (Å²) in [5.41, 5.74) is 1.46. The summed E-state index contributed by atoms with van der Waals surface area (Å²) >= 11 is 0. The van der Waals surface area contributed by atoms with Gasteiger partial charge in [-0.3, -0.25) is 24.1 Å². The zero-order valence-corrected chi connectivity index (χ0v) is 21.0. The fourth-order valence-electron chi connectivity index (χ4n) is 4.41. The third kappa shape index (κ3) is 6.22. The predicted molar refractivity (Wildman–Crippen MR) is 131 cm³/mol. The Morgan fingerprint density at radius 2 is 1.76 bits per heavy atom. The van der Waals surface area contributed by atoms with Crippen LogP contribution in [0.5, 0.6) is 0 Å². The summed E-state index contributed by atoms with van der Waals surface area (Å²) in [6.07, 6.45) is 0.940. The maximum atomic E-state index is 13.4. The zero-order chi connectivity index (χ0) is 27.1. The van der Waals surface area contributed by atoms with Crippen molar-refractivity contribution in [3.05, 3.63) is 41.5 Å². The summed E-state index contributed by atoms with van der Waals surface area (Å²) in [6, 6.07) is 6.44. The van der Waals surface area contributed by atoms with Gasteiger partial charge in [0.1, 0.15) is 11.8 Å². The lowest BCUT2D eigenvalue weighted by atomic mass is 9.86. The third-order valence-corrected chi connectivity index (χ3v) is 6.63. The van der Waals surface area contributed by atoms with E-state index in [1.165, 1.54) is 4.90 Å². The second-order valence-corrected chi connectivity index (χ2v) is 9.12. The molecule has 38 heavy (non-hydrogen) atoms. The molecule has 0 aliphatic carbocycles. The minimum atomic E-state index is -0.800. The van der Waals surface area contributed by atoms with Crippen molar-refractivity contribution >= 4 is 29.2 Å². The van der Waals surface area contributed by atoms with Crippen LogP contribution in [0, 0.1) is 11.8 Å². The molecule has 0 unspecified atom stereocenters. The Hall–Kier alpha value is -4.56. The quantitative estimate of drug-likeness (QED) is 0.234. The number of carbonyl (C=O) groups is 4. The summed E-state index contributed by atoms with van der Waals surface area (Å²) in [5.74, 6) is -1.60. The summed E-state index contributed by atoms with van der Waals surface area (Å²) in [5, 5.41) is 32.1. The summed E-state index contributed by atoms with van der Waals surface area (Å²) in [6.45, 7) is 3.54. The molecule has 4 rings (SSSR count). The summed E-state index contributed by atoms with van der Waals surface area (Å²) < 4.78 is 0. The Bertz CT molecular complexity index is 1260. The highest BCUT2D eigenvalue weighted by molar-refractivity contribution is 6.05. The minimum Gasteiger partial charge on any atom is -0.347 e. The van der Waals surface area contributed by atoms with E-state index >= 15 is 0 Å². The van der Waals surface area contributed by atoms with Crippen LogP contribution in [0.3, 0.4) is 0 Å². The van der Waals surface area contributed by atoms with Gasteiger partial charge in [0.15, 0.2) is 11.6 Å². The first-order valence-corrected chi connectivity index (χ1v) is 12.3. The van der Waals surface area contributed by atoms with Crippen LogP contribution < -0.4 is 15.5 Å². The Balaban J connectivity index is 1.41. The summed E-state index contributed by atoms with van der Waals surface area (Å²) in [7, 11) is 0. The van der Waals surface area contributed by atoms with Gasteiger partial charge in [0.2, 0.25) is 17.7 Å². The highest BCUT2D eigenvalue weighted by atomic mass is 16.2. The third-order valence-electron chi connectivity index (χ3n) is 6.63. The Morgan fingerprint density at radius 3 is 2.45 bits per heavy atom. The molecule has 4 N–H and O–H groups in total. The molecule has 0 saturated carbocycles. The van der Waals surface area contributed by atoms with Crippen LogP contribution >= 0.6 is 0 Å². The van der Waals surface area contributed by atoms with E-state index in [9.17, 15) is 19.2 Å². The zero-order valence-electron chi connectivity index (χ0n) is 21.0. The summed E-state index contributed by atoms with van der Waals surface area (Å²) in [4.78, 5) is 53.4. The van der Waals surface area contributed by atoms with E-state index in [1.807, 2.05) is 26.0 Å². The molecular formula is C23H29N11O4. The van der Waals surface area contributed by atoms with Gasteiger partial charge in [-0.1, -0.05) is 48.9 Å². The first-order valence-electron chi connectivity index (χ1n) is 12.3. The number of fused-ring (bicyclic) bond motifs is 1. The molecule has 1 aliphatic rings. The van der Waals surface area contributed by atoms with Crippen LogP contribution in [-0.2, 0) is 38.6 Å². The number of anilines is 1. The SMILES string of the molecule is CC[C@H](C)[C@H](CC(=O)Cc1nn[nH]n1)C(=O)NCC(=O)N1c2ccccc2C[C@H]1C(=O)NCc1nn[nH]n1. The molecule has 0 fully saturated rings. The maximum absolute atomic E-state index is 13.4. The van der Waals surface area contributed by atoms with E-state index in [4.69, 9.17) is 0 Å². The fourth-order valence-corrected chi connectivity index (χ4v) is 4.41. The largest absolute Gasteiger partial charge is 0.347 e. The van der Waals surface area contributed by atoms with E-state index in [0.29, 0.717) is 24.4 Å². The van der Waals surface area contributed by atoms with Crippen LogP contribution in [0.1, 0.15) is 43.9 Å². The molecule has 15 nitrogen and oxygen atoms in total. The van der Waals surface area contributed by atoms with Crippen molar-refractivity contribution in [2.75, 3.05) is 11.4 Å². The second-order valence-electron chi connectivity index (χ2n) is 9.12. The van der Waals surface area contributed by atoms with E-state index < -0.39 is 23.8 Å². The molecule has 0 saturated heterocycles. The van der Waals surface area contributed by atoms with E-state index in [-0.39, 0.29) is 49.4 Å². The van der Waals surface area contributed by atoms with E-state index in [2.05, 4.69) is 51.9 Å². The molecule has 15 heteroatoms. The molecule has 3 atom stereocenters. The van der Waals surface area contributed by atoms with Gasteiger partial charge in [0.25, 0.3) is 0 Å². The number of aromatic nitrogens is 8. The van der Waals surface area contributed by atoms with Gasteiger partial charge in [-0.05, 0) is 17.5 Å². The first kappa shape index (κ1) is 26.5. The highest BCUT2D eigenvalue weighted by Crippen LogP contribution is 2.32. The van der Waals surface area contributed by atoms with Crippen molar-refractivity contribution in [1.82, 2.24) is 51.9 Å². The number of benzene rings is 1. The van der Waals surface area contributed by atoms with Crippen molar-refractivity contribution in [2.24, 2.45) is 11.8 Å². The normalized spacial score (nSPS) is 15.9. The second kappa shape index (κ2) is 12.1. The number of hydrogen-bond donors (Lipinski definition) is 4. The van der Waals surface area contributed by atoms with Gasteiger partial charge in [0.05, 0.1) is 19.5 Å². The highest BCUT2D eigenvalue weighted by Gasteiger charge is 2.38. The van der Waals surface area contributed by atoms with Crippen LogP contribution in [0.2, 0.25) is 0 Å². The molecular weight excluding hydrogens is 494 g/mol. The van der Waals surface area contributed by atoms with Crippen LogP contribution in [0.25, 0.3) is 0 Å². The maximum Gasteiger partial charge on any atom is 0.247 e. The minimum absolute atomic E-state index is 0.0166. The number of hydrogen-bond acceptors (Lipinski definition) is 10. The van der Waals surface area contributed by atoms with Crippen molar-refractivity contribution in [1.29, 1.82) is 0 Å². The first-order chi connectivity index (χ1) is 18.4. The van der Waals surface area contributed by atoms with Crippen molar-refractivity contribution < 1.29 is 19.2 Å². The molecule has 200 valence electrons. The lowest BCUT2D eigenvalue weighted by Crippen LogP contribution is -2.51. The number of Topliss-reactive ketones (excluding diaryl/α,β-unsaturated/α-hetero) is 1. The van der Waals surface area contributed by atoms with Gasteiger partial charge < -0.3 is 10.6 Å². The number of ketones is 1. The Kier molecular flexibility index (Phi) is 8.45. The van der Waals surface area contributed by atoms with Crippen LogP contribution in [-0.4, -0.2) is 77.3 Å². The lowest BCUT2D eigenvalue weighted by Gasteiger charge is -2.26. The number of tetrazole rings is 2. The van der Waals surface area contributed by atoms with E-state index in [0.717, 1.165) is 5.56 Å². The van der Waals surface area contributed by atoms with Crippen LogP contribution in [0.15, 0.2) is 24.3 Å². The number of nitrogens with zero attached hydrogens (tertiary/aromatic N) is 7. The average molecular weight is 524 g/mol. The topological polar surface area (TPSA) is 204 Å². The molecule has 3 amide bonds. The number of rotatable bonds is 12. The fraction of sp³-hybridized carbons (Fsp3) is 0.478. The molecule has 2 aromatic heterocycles. The van der Waals surface area contributed by atoms with Crippen molar-refractivity contribution in [3.63, 3.8) is 0 Å². The monoisotopic (exact) mass is 523 g/mol. The number of aromatic amines is 2. The van der Waals surface area contributed by atoms with Gasteiger partial charge in [-0.25, -0.2) is 0 Å². The molecule has 1 aromatic carbocycles. The standard InChI is InChI=1S/C23H29N11O4/c1-3-13(2)16(9-15(35)10-19-26-30-31-27-19)22(37)25-12-21(36)34-17-7-5-4-6-14(17)8-18(34)23(38)24-11-20-28-32-33-29-20/h4-7,13,16,18H,3,8-12H2,1-2H3,(H,24,38)(H,25,37)(H,26,27,30,31)(H,28,29,32,33)/t13-,16-,18-/m0/s1. The average Bonchev–Trinajstić information content (AvgIpc) is 3.69. The molecule has 3 heterocycles. The molecule has 0 spiro atoms. The molecule has 0 radical (unpaired) electrons.